The third-order valence-corrected chi connectivity index (χ3v) is 5.00. The molecule has 21 heavy (non-hydrogen) atoms. The first-order chi connectivity index (χ1) is 10.1. The summed E-state index contributed by atoms with van der Waals surface area (Å²) < 4.78 is 13.2. The predicted octanol–water partition coefficient (Wildman–Crippen LogP) is 3.79. The van der Waals surface area contributed by atoms with Crippen molar-refractivity contribution in [2.45, 2.75) is 24.8 Å². The summed E-state index contributed by atoms with van der Waals surface area (Å²) in [4.78, 5) is 12.0. The molecule has 2 aromatic rings. The zero-order chi connectivity index (χ0) is 14.8. The molecular formula is C16H16FNO2S. The average Bonchev–Trinajstić information content (AvgIpc) is 2.94. The fraction of sp³-hybridized carbons (Fsp3) is 0.312. The molecular weight excluding hydrogens is 289 g/mol. The number of carboxylic acids is 1. The summed E-state index contributed by atoms with van der Waals surface area (Å²) in [6, 6.07) is 10.6. The molecule has 1 aliphatic heterocycles. The van der Waals surface area contributed by atoms with Crippen LogP contribution in [0.25, 0.3) is 0 Å². The quantitative estimate of drug-likeness (QED) is 0.907. The van der Waals surface area contributed by atoms with Gasteiger partial charge >= 0.3 is 5.97 Å². The standard InChI is InChI=1S/C16H16FNO2S/c17-15-6-5-14(21-15)12-7-8-18-13(9-12)10-1-3-11(4-2-10)16(19)20/h1-6,12-13,18H,7-9H2,(H,19,20)/t12?,13-/m0/s1. The van der Waals surface area contributed by atoms with Gasteiger partial charge in [0.2, 0.25) is 0 Å². The molecule has 2 heterocycles. The fourth-order valence-electron chi connectivity index (χ4n) is 2.84. The van der Waals surface area contributed by atoms with Crippen molar-refractivity contribution in [2.24, 2.45) is 0 Å². The number of halogens is 1. The largest absolute Gasteiger partial charge is 0.478 e. The van der Waals surface area contributed by atoms with Gasteiger partial charge in [0.1, 0.15) is 0 Å². The molecule has 2 atom stereocenters. The van der Waals surface area contributed by atoms with Crippen LogP contribution >= 0.6 is 11.3 Å². The molecule has 0 bridgehead atoms. The van der Waals surface area contributed by atoms with Gasteiger partial charge < -0.3 is 10.4 Å². The van der Waals surface area contributed by atoms with Gasteiger partial charge in [-0.3, -0.25) is 0 Å². The van der Waals surface area contributed by atoms with Crippen LogP contribution in [0.3, 0.4) is 0 Å². The highest BCUT2D eigenvalue weighted by molar-refractivity contribution is 7.10. The Morgan fingerprint density at radius 3 is 2.62 bits per heavy atom. The normalized spacial score (nSPS) is 22.1. The van der Waals surface area contributed by atoms with Gasteiger partial charge in [0, 0.05) is 10.9 Å². The molecule has 1 saturated heterocycles. The molecule has 1 aromatic carbocycles. The molecule has 0 saturated carbocycles. The number of nitrogens with one attached hydrogen (secondary N) is 1. The van der Waals surface area contributed by atoms with Crippen molar-refractivity contribution < 1.29 is 14.3 Å². The van der Waals surface area contributed by atoms with Crippen LogP contribution in [-0.2, 0) is 0 Å². The highest BCUT2D eigenvalue weighted by Crippen LogP contribution is 2.36. The molecule has 0 amide bonds. The third-order valence-electron chi connectivity index (χ3n) is 3.96. The van der Waals surface area contributed by atoms with Gasteiger partial charge in [-0.2, -0.15) is 4.39 Å². The number of thiophene rings is 1. The monoisotopic (exact) mass is 305 g/mol. The molecule has 1 aromatic heterocycles. The molecule has 1 aliphatic rings. The summed E-state index contributed by atoms with van der Waals surface area (Å²) in [6.45, 7) is 0.884. The van der Waals surface area contributed by atoms with Gasteiger partial charge in [-0.25, -0.2) is 4.79 Å². The Morgan fingerprint density at radius 2 is 2.00 bits per heavy atom. The Labute approximate surface area is 126 Å². The maximum absolute atomic E-state index is 13.2. The first-order valence-corrected chi connectivity index (χ1v) is 7.77. The fourth-order valence-corrected chi connectivity index (χ4v) is 3.71. The number of piperidine rings is 1. The first kappa shape index (κ1) is 14.2. The lowest BCUT2D eigenvalue weighted by Crippen LogP contribution is -2.30. The second-order valence-corrected chi connectivity index (χ2v) is 6.36. The first-order valence-electron chi connectivity index (χ1n) is 6.95. The second kappa shape index (κ2) is 5.95. The van der Waals surface area contributed by atoms with Crippen LogP contribution in [-0.4, -0.2) is 17.6 Å². The van der Waals surface area contributed by atoms with Crippen molar-refractivity contribution in [1.82, 2.24) is 5.32 Å². The van der Waals surface area contributed by atoms with Gasteiger partial charge in [-0.15, -0.1) is 11.3 Å². The number of benzene rings is 1. The van der Waals surface area contributed by atoms with Gasteiger partial charge in [-0.05, 0) is 55.1 Å². The van der Waals surface area contributed by atoms with Crippen LogP contribution in [0.15, 0.2) is 36.4 Å². The van der Waals surface area contributed by atoms with Crippen LogP contribution in [0.5, 0.6) is 0 Å². The minimum Gasteiger partial charge on any atom is -0.478 e. The lowest BCUT2D eigenvalue weighted by atomic mass is 9.87. The van der Waals surface area contributed by atoms with Crippen molar-refractivity contribution in [3.05, 3.63) is 57.5 Å². The Hall–Kier alpha value is -1.72. The summed E-state index contributed by atoms with van der Waals surface area (Å²) in [7, 11) is 0. The van der Waals surface area contributed by atoms with Gasteiger partial charge in [0.05, 0.1) is 5.56 Å². The summed E-state index contributed by atoms with van der Waals surface area (Å²) in [5.41, 5.74) is 1.38. The molecule has 1 unspecified atom stereocenters. The molecule has 0 spiro atoms. The Balaban J connectivity index is 1.75. The zero-order valence-corrected chi connectivity index (χ0v) is 12.2. The maximum atomic E-state index is 13.2. The summed E-state index contributed by atoms with van der Waals surface area (Å²) in [5.74, 6) is -0.546. The Bertz CT molecular complexity index is 638. The van der Waals surface area contributed by atoms with Gasteiger partial charge in [0.25, 0.3) is 0 Å². The van der Waals surface area contributed by atoms with E-state index in [0.29, 0.717) is 11.5 Å². The number of carboxylic acid groups (broad SMARTS) is 1. The minimum atomic E-state index is -0.912. The number of rotatable bonds is 3. The van der Waals surface area contributed by atoms with Gasteiger partial charge in [0.15, 0.2) is 5.13 Å². The van der Waals surface area contributed by atoms with Crippen LogP contribution < -0.4 is 5.32 Å². The lowest BCUT2D eigenvalue weighted by Gasteiger charge is -2.30. The van der Waals surface area contributed by atoms with Crippen LogP contribution in [0.2, 0.25) is 0 Å². The Morgan fingerprint density at radius 1 is 1.24 bits per heavy atom. The third kappa shape index (κ3) is 3.14. The van der Waals surface area contributed by atoms with Gasteiger partial charge in [-0.1, -0.05) is 12.1 Å². The lowest BCUT2D eigenvalue weighted by molar-refractivity contribution is 0.0697. The molecule has 0 aliphatic carbocycles. The van der Waals surface area contributed by atoms with Crippen molar-refractivity contribution in [3.63, 3.8) is 0 Å². The SMILES string of the molecule is O=C(O)c1ccc([C@@H]2CC(c3ccc(F)s3)CCN2)cc1. The van der Waals surface area contributed by atoms with Crippen LogP contribution in [0, 0.1) is 5.13 Å². The number of hydrogen-bond donors (Lipinski definition) is 2. The molecule has 2 N–H and O–H groups in total. The van der Waals surface area contributed by atoms with E-state index in [2.05, 4.69) is 5.32 Å². The molecule has 3 nitrogen and oxygen atoms in total. The van der Waals surface area contributed by atoms with E-state index in [4.69, 9.17) is 5.11 Å². The van der Waals surface area contributed by atoms with Crippen molar-refractivity contribution >= 4 is 17.3 Å². The molecule has 110 valence electrons. The summed E-state index contributed by atoms with van der Waals surface area (Å²) in [5, 5.41) is 12.2. The minimum absolute atomic E-state index is 0.133. The average molecular weight is 305 g/mol. The number of carbonyl (C=O) groups is 1. The highest BCUT2D eigenvalue weighted by Gasteiger charge is 2.25. The summed E-state index contributed by atoms with van der Waals surface area (Å²) in [6.07, 6.45) is 1.91. The highest BCUT2D eigenvalue weighted by atomic mass is 32.1. The van der Waals surface area contributed by atoms with E-state index < -0.39 is 5.97 Å². The maximum Gasteiger partial charge on any atom is 0.335 e. The molecule has 1 fully saturated rings. The van der Waals surface area contributed by atoms with E-state index in [0.717, 1.165) is 29.8 Å². The molecule has 5 heteroatoms. The van der Waals surface area contributed by atoms with E-state index in [1.54, 1.807) is 12.1 Å². The smallest absolute Gasteiger partial charge is 0.335 e. The topological polar surface area (TPSA) is 49.3 Å². The van der Waals surface area contributed by atoms with E-state index in [-0.39, 0.29) is 11.2 Å². The van der Waals surface area contributed by atoms with E-state index >= 15 is 0 Å². The van der Waals surface area contributed by atoms with Crippen LogP contribution in [0.1, 0.15) is 45.6 Å². The van der Waals surface area contributed by atoms with Crippen LogP contribution in [0.4, 0.5) is 4.39 Å². The molecule has 3 rings (SSSR count). The predicted molar refractivity (Wildman–Crippen MR) is 80.4 cm³/mol. The Kier molecular flexibility index (Phi) is 4.03. The van der Waals surface area contributed by atoms with E-state index in [9.17, 15) is 9.18 Å². The van der Waals surface area contributed by atoms with Crippen molar-refractivity contribution in [1.29, 1.82) is 0 Å². The second-order valence-electron chi connectivity index (χ2n) is 5.30. The molecule has 0 radical (unpaired) electrons. The van der Waals surface area contributed by atoms with Crippen molar-refractivity contribution in [2.75, 3.05) is 6.54 Å². The van der Waals surface area contributed by atoms with E-state index in [1.165, 1.54) is 17.4 Å². The van der Waals surface area contributed by atoms with E-state index in [1.807, 2.05) is 18.2 Å². The zero-order valence-electron chi connectivity index (χ0n) is 11.4. The van der Waals surface area contributed by atoms with Crippen molar-refractivity contribution in [3.8, 4) is 0 Å². The number of hydrogen-bond acceptors (Lipinski definition) is 3. The summed E-state index contributed by atoms with van der Waals surface area (Å²) >= 11 is 1.23. The number of aromatic carboxylic acids is 1.